The molecule has 0 aromatic heterocycles. The number of carbonyl (C=O) groups excluding carboxylic acids is 1. The first-order valence-electron chi connectivity index (χ1n) is 7.70. The number of benzene rings is 1. The Bertz CT molecular complexity index is 470. The van der Waals surface area contributed by atoms with Crippen LogP contribution >= 0.6 is 0 Å². The molecule has 0 atom stereocenters. The number of piperidine rings is 1. The van der Waals surface area contributed by atoms with Crippen LogP contribution < -0.4 is 5.32 Å². The maximum atomic E-state index is 12.0. The van der Waals surface area contributed by atoms with Crippen molar-refractivity contribution in [2.45, 2.75) is 45.1 Å². The number of amides is 1. The highest BCUT2D eigenvalue weighted by Crippen LogP contribution is 2.21. The lowest BCUT2D eigenvalue weighted by molar-refractivity contribution is -0.118. The normalized spacial score (nSPS) is 18.7. The maximum absolute atomic E-state index is 12.0. The molecule has 0 bridgehead atoms. The average Bonchev–Trinajstić information content (AvgIpc) is 2.42. The van der Waals surface area contributed by atoms with Crippen molar-refractivity contribution in [1.29, 1.82) is 0 Å². The highest BCUT2D eigenvalue weighted by Gasteiger charge is 2.27. The van der Waals surface area contributed by atoms with E-state index in [1.807, 2.05) is 19.1 Å². The minimum Gasteiger partial charge on any atom is -0.390 e. The number of carbonyl (C=O) groups is 1. The van der Waals surface area contributed by atoms with Gasteiger partial charge in [-0.25, -0.2) is 0 Å². The monoisotopic (exact) mass is 290 g/mol. The van der Waals surface area contributed by atoms with E-state index in [0.29, 0.717) is 12.5 Å². The van der Waals surface area contributed by atoms with Crippen LogP contribution in [0.15, 0.2) is 24.3 Å². The molecule has 21 heavy (non-hydrogen) atoms. The van der Waals surface area contributed by atoms with Crippen LogP contribution in [0.2, 0.25) is 0 Å². The number of rotatable bonds is 4. The van der Waals surface area contributed by atoms with Gasteiger partial charge in [-0.05, 0) is 43.4 Å². The molecule has 4 nitrogen and oxygen atoms in total. The Morgan fingerprint density at radius 3 is 2.38 bits per heavy atom. The van der Waals surface area contributed by atoms with Gasteiger partial charge < -0.3 is 10.4 Å². The predicted octanol–water partition coefficient (Wildman–Crippen LogP) is 2.60. The third-order valence-corrected chi connectivity index (χ3v) is 4.16. The van der Waals surface area contributed by atoms with E-state index in [4.69, 9.17) is 0 Å². The lowest BCUT2D eigenvalue weighted by Gasteiger charge is -2.35. The summed E-state index contributed by atoms with van der Waals surface area (Å²) in [6.45, 7) is 8.10. The van der Waals surface area contributed by atoms with Crippen molar-refractivity contribution in [2.24, 2.45) is 0 Å². The van der Waals surface area contributed by atoms with Crippen LogP contribution in [0.1, 0.15) is 45.1 Å². The fraction of sp³-hybridized carbons (Fsp3) is 0.588. The highest BCUT2D eigenvalue weighted by atomic mass is 16.3. The number of aliphatic hydroxyl groups is 1. The van der Waals surface area contributed by atoms with Gasteiger partial charge in [0.05, 0.1) is 12.1 Å². The van der Waals surface area contributed by atoms with Gasteiger partial charge in [-0.2, -0.15) is 0 Å². The van der Waals surface area contributed by atoms with Crippen molar-refractivity contribution in [2.75, 3.05) is 25.0 Å². The molecule has 1 aliphatic heterocycles. The molecule has 0 saturated carbocycles. The molecular weight excluding hydrogens is 264 g/mol. The van der Waals surface area contributed by atoms with E-state index in [2.05, 4.69) is 36.2 Å². The summed E-state index contributed by atoms with van der Waals surface area (Å²) in [5, 5.41) is 12.8. The summed E-state index contributed by atoms with van der Waals surface area (Å²) in [5.74, 6) is 0.504. The first-order chi connectivity index (χ1) is 9.85. The fourth-order valence-electron chi connectivity index (χ4n) is 2.55. The molecule has 0 unspecified atom stereocenters. The molecule has 1 heterocycles. The van der Waals surface area contributed by atoms with Gasteiger partial charge in [0.15, 0.2) is 0 Å². The molecule has 1 fully saturated rings. The topological polar surface area (TPSA) is 52.6 Å². The Labute approximate surface area is 127 Å². The van der Waals surface area contributed by atoms with Gasteiger partial charge in [0.1, 0.15) is 0 Å². The minimum atomic E-state index is -0.570. The zero-order valence-electron chi connectivity index (χ0n) is 13.2. The summed E-state index contributed by atoms with van der Waals surface area (Å²) >= 11 is 0. The SMILES string of the molecule is CC(C)c1ccc(NC(=O)CN2CCC(C)(O)CC2)cc1. The van der Waals surface area contributed by atoms with Gasteiger partial charge in [-0.1, -0.05) is 26.0 Å². The number of nitrogens with one attached hydrogen (secondary N) is 1. The number of likely N-dealkylation sites (tertiary alicyclic amines) is 1. The first-order valence-corrected chi connectivity index (χ1v) is 7.70. The van der Waals surface area contributed by atoms with Gasteiger partial charge >= 0.3 is 0 Å². The van der Waals surface area contributed by atoms with E-state index < -0.39 is 5.60 Å². The zero-order valence-corrected chi connectivity index (χ0v) is 13.2. The molecule has 1 aromatic rings. The molecule has 1 amide bonds. The number of hydrogen-bond donors (Lipinski definition) is 2. The summed E-state index contributed by atoms with van der Waals surface area (Å²) in [6, 6.07) is 8.01. The summed E-state index contributed by atoms with van der Waals surface area (Å²) in [5.41, 5.74) is 1.54. The third-order valence-electron chi connectivity index (χ3n) is 4.16. The van der Waals surface area contributed by atoms with E-state index in [9.17, 15) is 9.90 Å². The van der Waals surface area contributed by atoms with E-state index in [0.717, 1.165) is 31.6 Å². The van der Waals surface area contributed by atoms with Crippen LogP contribution in [0, 0.1) is 0 Å². The second-order valence-corrected chi connectivity index (χ2v) is 6.60. The molecule has 0 spiro atoms. The minimum absolute atomic E-state index is 0.00818. The van der Waals surface area contributed by atoms with Crippen LogP contribution in [-0.2, 0) is 4.79 Å². The third kappa shape index (κ3) is 4.83. The Hall–Kier alpha value is -1.39. The van der Waals surface area contributed by atoms with E-state index in [-0.39, 0.29) is 5.91 Å². The van der Waals surface area contributed by atoms with Crippen molar-refractivity contribution >= 4 is 11.6 Å². The molecule has 0 aliphatic carbocycles. The van der Waals surface area contributed by atoms with Crippen molar-refractivity contribution in [3.8, 4) is 0 Å². The number of nitrogens with zero attached hydrogens (tertiary/aromatic N) is 1. The first kappa shape index (κ1) is 16.0. The fourth-order valence-corrected chi connectivity index (χ4v) is 2.55. The number of hydrogen-bond acceptors (Lipinski definition) is 3. The smallest absolute Gasteiger partial charge is 0.238 e. The Morgan fingerprint density at radius 2 is 1.86 bits per heavy atom. The Morgan fingerprint density at radius 1 is 1.29 bits per heavy atom. The van der Waals surface area contributed by atoms with Gasteiger partial charge in [-0.3, -0.25) is 9.69 Å². The lowest BCUT2D eigenvalue weighted by Crippen LogP contribution is -2.45. The summed E-state index contributed by atoms with van der Waals surface area (Å²) in [6.07, 6.45) is 1.45. The Balaban J connectivity index is 1.82. The zero-order chi connectivity index (χ0) is 15.5. The van der Waals surface area contributed by atoms with Gasteiger partial charge in [-0.15, -0.1) is 0 Å². The highest BCUT2D eigenvalue weighted by molar-refractivity contribution is 5.92. The predicted molar refractivity (Wildman–Crippen MR) is 85.5 cm³/mol. The molecular formula is C17H26N2O2. The van der Waals surface area contributed by atoms with Crippen LogP contribution in [-0.4, -0.2) is 41.1 Å². The van der Waals surface area contributed by atoms with Crippen LogP contribution in [0.25, 0.3) is 0 Å². The van der Waals surface area contributed by atoms with Crippen LogP contribution in [0.5, 0.6) is 0 Å². The second-order valence-electron chi connectivity index (χ2n) is 6.60. The quantitative estimate of drug-likeness (QED) is 0.896. The number of anilines is 1. The molecule has 1 aromatic carbocycles. The van der Waals surface area contributed by atoms with Gasteiger partial charge in [0, 0.05) is 18.8 Å². The molecule has 4 heteroatoms. The van der Waals surface area contributed by atoms with E-state index in [1.165, 1.54) is 5.56 Å². The standard InChI is InChI=1S/C17H26N2O2/c1-13(2)14-4-6-15(7-5-14)18-16(20)12-19-10-8-17(3,21)9-11-19/h4-7,13,21H,8-12H2,1-3H3,(H,18,20). The summed E-state index contributed by atoms with van der Waals surface area (Å²) < 4.78 is 0. The van der Waals surface area contributed by atoms with Gasteiger partial charge in [0.2, 0.25) is 5.91 Å². The molecule has 116 valence electrons. The summed E-state index contributed by atoms with van der Waals surface area (Å²) in [7, 11) is 0. The Kier molecular flexibility index (Phi) is 5.01. The van der Waals surface area contributed by atoms with Crippen molar-refractivity contribution in [1.82, 2.24) is 4.90 Å². The second kappa shape index (κ2) is 6.58. The maximum Gasteiger partial charge on any atom is 0.238 e. The van der Waals surface area contributed by atoms with Crippen LogP contribution in [0.4, 0.5) is 5.69 Å². The van der Waals surface area contributed by atoms with Crippen molar-refractivity contribution in [3.63, 3.8) is 0 Å². The van der Waals surface area contributed by atoms with E-state index >= 15 is 0 Å². The summed E-state index contributed by atoms with van der Waals surface area (Å²) in [4.78, 5) is 14.1. The molecule has 1 saturated heterocycles. The molecule has 1 aliphatic rings. The molecule has 0 radical (unpaired) electrons. The van der Waals surface area contributed by atoms with Crippen LogP contribution in [0.3, 0.4) is 0 Å². The molecule has 2 N–H and O–H groups in total. The lowest BCUT2D eigenvalue weighted by atomic mass is 9.94. The van der Waals surface area contributed by atoms with E-state index in [1.54, 1.807) is 0 Å². The van der Waals surface area contributed by atoms with Crippen molar-refractivity contribution in [3.05, 3.63) is 29.8 Å². The van der Waals surface area contributed by atoms with Crippen molar-refractivity contribution < 1.29 is 9.90 Å². The molecule has 2 rings (SSSR count). The van der Waals surface area contributed by atoms with Gasteiger partial charge in [0.25, 0.3) is 0 Å². The average molecular weight is 290 g/mol. The largest absolute Gasteiger partial charge is 0.390 e.